The molecule has 0 aliphatic carbocycles. The smallest absolute Gasteiger partial charge is 0.171 e. The molecule has 0 saturated carbocycles. The number of rotatable bonds is 4. The Kier molecular flexibility index (Phi) is 3.27. The van der Waals surface area contributed by atoms with Crippen LogP contribution in [-0.2, 0) is 13.5 Å². The molecular weight excluding hydrogens is 232 g/mol. The van der Waals surface area contributed by atoms with Crippen molar-refractivity contribution in [3.8, 4) is 5.75 Å². The molecule has 1 aromatic heterocycles. The van der Waals surface area contributed by atoms with E-state index in [2.05, 4.69) is 10.3 Å². The first-order chi connectivity index (χ1) is 8.61. The van der Waals surface area contributed by atoms with Gasteiger partial charge >= 0.3 is 0 Å². The Balaban J connectivity index is 2.24. The van der Waals surface area contributed by atoms with Gasteiger partial charge in [-0.1, -0.05) is 11.3 Å². The second kappa shape index (κ2) is 4.87. The lowest BCUT2D eigenvalue weighted by atomic mass is 10.0. The third-order valence-electron chi connectivity index (χ3n) is 2.58. The standard InChI is InChI=1S/C12H14N4O2/c1-16-7-8(14-15-16)6-10(17)9-4-3-5-11(18-2)12(9)13/h3-5,7H,6,13H2,1-2H3. The number of Topliss-reactive ketones (excluding diaryl/α,β-unsaturated/α-hetero) is 1. The van der Waals surface area contributed by atoms with Crippen LogP contribution in [0.2, 0.25) is 0 Å². The highest BCUT2D eigenvalue weighted by Crippen LogP contribution is 2.25. The average molecular weight is 246 g/mol. The zero-order valence-corrected chi connectivity index (χ0v) is 10.3. The zero-order chi connectivity index (χ0) is 13.1. The fraction of sp³-hybridized carbons (Fsp3) is 0.250. The van der Waals surface area contributed by atoms with Gasteiger partial charge in [0.2, 0.25) is 0 Å². The Hall–Kier alpha value is -2.37. The molecule has 0 radical (unpaired) electrons. The van der Waals surface area contributed by atoms with Crippen LogP contribution < -0.4 is 10.5 Å². The summed E-state index contributed by atoms with van der Waals surface area (Å²) >= 11 is 0. The molecule has 18 heavy (non-hydrogen) atoms. The third kappa shape index (κ3) is 2.32. The highest BCUT2D eigenvalue weighted by Gasteiger charge is 2.14. The summed E-state index contributed by atoms with van der Waals surface area (Å²) in [4.78, 5) is 12.1. The number of nitrogens with zero attached hydrogens (tertiary/aromatic N) is 3. The minimum Gasteiger partial charge on any atom is -0.495 e. The summed E-state index contributed by atoms with van der Waals surface area (Å²) in [5.41, 5.74) is 7.28. The van der Waals surface area contributed by atoms with E-state index < -0.39 is 0 Å². The summed E-state index contributed by atoms with van der Waals surface area (Å²) in [6, 6.07) is 5.13. The van der Waals surface area contributed by atoms with Gasteiger partial charge in [-0.25, -0.2) is 0 Å². The number of aromatic nitrogens is 3. The fourth-order valence-electron chi connectivity index (χ4n) is 1.70. The lowest BCUT2D eigenvalue weighted by Gasteiger charge is -2.08. The third-order valence-corrected chi connectivity index (χ3v) is 2.58. The number of para-hydroxylation sites is 1. The van der Waals surface area contributed by atoms with Gasteiger partial charge in [0.15, 0.2) is 5.78 Å². The van der Waals surface area contributed by atoms with Crippen molar-refractivity contribution in [1.29, 1.82) is 0 Å². The Morgan fingerprint density at radius 2 is 2.28 bits per heavy atom. The molecule has 0 bridgehead atoms. The van der Waals surface area contributed by atoms with Crippen LogP contribution >= 0.6 is 0 Å². The van der Waals surface area contributed by atoms with Crippen LogP contribution in [0, 0.1) is 0 Å². The highest BCUT2D eigenvalue weighted by molar-refractivity contribution is 6.02. The van der Waals surface area contributed by atoms with E-state index in [9.17, 15) is 4.79 Å². The lowest BCUT2D eigenvalue weighted by molar-refractivity contribution is 0.0992. The van der Waals surface area contributed by atoms with Crippen molar-refractivity contribution in [3.63, 3.8) is 0 Å². The van der Waals surface area contributed by atoms with E-state index in [4.69, 9.17) is 10.5 Å². The number of nitrogens with two attached hydrogens (primary N) is 1. The van der Waals surface area contributed by atoms with Crippen molar-refractivity contribution in [2.75, 3.05) is 12.8 Å². The van der Waals surface area contributed by atoms with Crippen molar-refractivity contribution in [3.05, 3.63) is 35.7 Å². The highest BCUT2D eigenvalue weighted by atomic mass is 16.5. The topological polar surface area (TPSA) is 83.0 Å². The van der Waals surface area contributed by atoms with Gasteiger partial charge in [-0.3, -0.25) is 9.48 Å². The van der Waals surface area contributed by atoms with Crippen LogP contribution in [0.4, 0.5) is 5.69 Å². The maximum atomic E-state index is 12.1. The molecule has 0 unspecified atom stereocenters. The predicted octanol–water partition coefficient (Wildman–Crippen LogP) is 0.831. The van der Waals surface area contributed by atoms with Crippen molar-refractivity contribution >= 4 is 11.5 Å². The van der Waals surface area contributed by atoms with Gasteiger partial charge < -0.3 is 10.5 Å². The minimum atomic E-state index is -0.105. The SMILES string of the molecule is COc1cccc(C(=O)Cc2cn(C)nn2)c1N. The van der Waals surface area contributed by atoms with Crippen LogP contribution in [0.5, 0.6) is 5.75 Å². The molecule has 2 rings (SSSR count). The molecule has 1 heterocycles. The monoisotopic (exact) mass is 246 g/mol. The maximum absolute atomic E-state index is 12.1. The normalized spacial score (nSPS) is 10.3. The van der Waals surface area contributed by atoms with Crippen LogP contribution in [0.25, 0.3) is 0 Å². The quantitative estimate of drug-likeness (QED) is 0.638. The number of benzene rings is 1. The van der Waals surface area contributed by atoms with Gasteiger partial charge in [-0.15, -0.1) is 5.10 Å². The molecule has 0 aliphatic heterocycles. The summed E-state index contributed by atoms with van der Waals surface area (Å²) in [6.07, 6.45) is 1.87. The molecule has 6 heteroatoms. The molecule has 0 fully saturated rings. The first-order valence-electron chi connectivity index (χ1n) is 5.42. The Morgan fingerprint density at radius 3 is 2.89 bits per heavy atom. The summed E-state index contributed by atoms with van der Waals surface area (Å²) in [5.74, 6) is 0.395. The molecule has 0 saturated heterocycles. The van der Waals surface area contributed by atoms with Gasteiger partial charge in [0.1, 0.15) is 5.75 Å². The van der Waals surface area contributed by atoms with Gasteiger partial charge in [0.05, 0.1) is 24.9 Å². The number of methoxy groups -OCH3 is 1. The molecule has 0 atom stereocenters. The van der Waals surface area contributed by atoms with Crippen molar-refractivity contribution in [2.45, 2.75) is 6.42 Å². The second-order valence-corrected chi connectivity index (χ2v) is 3.91. The Morgan fingerprint density at radius 1 is 1.50 bits per heavy atom. The Bertz CT molecular complexity index is 577. The number of hydrogen-bond donors (Lipinski definition) is 1. The second-order valence-electron chi connectivity index (χ2n) is 3.91. The molecule has 0 aliphatic rings. The number of ether oxygens (including phenoxy) is 1. The molecule has 6 nitrogen and oxygen atoms in total. The van der Waals surface area contributed by atoms with Gasteiger partial charge in [0, 0.05) is 18.8 Å². The molecule has 2 N–H and O–H groups in total. The fourth-order valence-corrected chi connectivity index (χ4v) is 1.70. The van der Waals surface area contributed by atoms with Crippen LogP contribution in [0.15, 0.2) is 24.4 Å². The van der Waals surface area contributed by atoms with Crippen molar-refractivity contribution < 1.29 is 9.53 Å². The largest absolute Gasteiger partial charge is 0.495 e. The zero-order valence-electron chi connectivity index (χ0n) is 10.3. The molecule has 94 valence electrons. The van der Waals surface area contributed by atoms with E-state index in [-0.39, 0.29) is 12.2 Å². The van der Waals surface area contributed by atoms with Gasteiger partial charge in [0.25, 0.3) is 0 Å². The first kappa shape index (κ1) is 12.1. The van der Waals surface area contributed by atoms with E-state index in [1.165, 1.54) is 7.11 Å². The Labute approximate surface area is 104 Å². The number of aryl methyl sites for hydroxylation is 1. The molecule has 0 amide bonds. The number of nitrogen functional groups attached to an aromatic ring is 1. The summed E-state index contributed by atoms with van der Waals surface area (Å²) in [5, 5.41) is 7.65. The maximum Gasteiger partial charge on any atom is 0.171 e. The summed E-state index contributed by atoms with van der Waals surface area (Å²) in [7, 11) is 3.27. The first-order valence-corrected chi connectivity index (χ1v) is 5.42. The van der Waals surface area contributed by atoms with Gasteiger partial charge in [-0.2, -0.15) is 0 Å². The number of carbonyl (C=O) groups excluding carboxylic acids is 1. The molecule has 2 aromatic rings. The predicted molar refractivity (Wildman–Crippen MR) is 66.4 cm³/mol. The van der Waals surface area contributed by atoms with E-state index in [0.717, 1.165) is 0 Å². The number of hydrogen-bond acceptors (Lipinski definition) is 5. The van der Waals surface area contributed by atoms with E-state index in [1.807, 2.05) is 0 Å². The number of carbonyl (C=O) groups is 1. The molecular formula is C12H14N4O2. The molecule has 0 spiro atoms. The van der Waals surface area contributed by atoms with Crippen LogP contribution in [0.3, 0.4) is 0 Å². The van der Waals surface area contributed by atoms with E-state index >= 15 is 0 Å². The van der Waals surface area contributed by atoms with Gasteiger partial charge in [-0.05, 0) is 12.1 Å². The number of anilines is 1. The minimum absolute atomic E-state index is 0.105. The van der Waals surface area contributed by atoms with Crippen LogP contribution in [0.1, 0.15) is 16.1 Å². The summed E-state index contributed by atoms with van der Waals surface area (Å²) in [6.45, 7) is 0. The van der Waals surface area contributed by atoms with E-state index in [1.54, 1.807) is 36.1 Å². The summed E-state index contributed by atoms with van der Waals surface area (Å²) < 4.78 is 6.63. The molecule has 1 aromatic carbocycles. The van der Waals surface area contributed by atoms with Crippen molar-refractivity contribution in [1.82, 2.24) is 15.0 Å². The van der Waals surface area contributed by atoms with E-state index in [0.29, 0.717) is 22.7 Å². The average Bonchev–Trinajstić information content (AvgIpc) is 2.75. The van der Waals surface area contributed by atoms with Crippen LogP contribution in [-0.4, -0.2) is 27.9 Å². The lowest BCUT2D eigenvalue weighted by Crippen LogP contribution is -2.08. The number of ketones is 1. The van der Waals surface area contributed by atoms with Crippen molar-refractivity contribution in [2.24, 2.45) is 7.05 Å².